The van der Waals surface area contributed by atoms with Crippen molar-refractivity contribution in [3.63, 3.8) is 0 Å². The van der Waals surface area contributed by atoms with E-state index >= 15 is 9.59 Å². The molecule has 0 bridgehead atoms. The number of nitrogens with two attached hydrogens (primary N) is 1. The summed E-state index contributed by atoms with van der Waals surface area (Å²) >= 11 is 0. The van der Waals surface area contributed by atoms with Gasteiger partial charge in [-0.2, -0.15) is 0 Å². The maximum atomic E-state index is 15.5. The van der Waals surface area contributed by atoms with E-state index in [0.717, 1.165) is 77.0 Å². The van der Waals surface area contributed by atoms with Crippen molar-refractivity contribution in [2.45, 2.75) is 374 Å². The third-order valence-corrected chi connectivity index (χ3v) is 19.1. The van der Waals surface area contributed by atoms with Crippen LogP contribution in [0.15, 0.2) is 0 Å². The average molecular weight is 1140 g/mol. The molecule has 0 heterocycles. The first-order valence-electron chi connectivity index (χ1n) is 34.3. The van der Waals surface area contributed by atoms with Gasteiger partial charge in [-0.15, -0.1) is 0 Å². The second-order valence-electron chi connectivity index (χ2n) is 23.9. The Hall–Kier alpha value is -1.26. The van der Waals surface area contributed by atoms with Gasteiger partial charge in [-0.25, -0.2) is 4.79 Å². The van der Waals surface area contributed by atoms with E-state index in [9.17, 15) is 9.59 Å². The quantitative estimate of drug-likeness (QED) is 0.0361. The number of esters is 2. The Morgan fingerprint density at radius 3 is 0.744 bits per heavy atom. The lowest BCUT2D eigenvalue weighted by molar-refractivity contribution is -0.162. The predicted molar refractivity (Wildman–Crippen MR) is 342 cm³/mol. The topological polar surface area (TPSA) is 116 Å². The van der Waals surface area contributed by atoms with E-state index in [1.54, 1.807) is 0 Å². The Labute approximate surface area is 493 Å². The Morgan fingerprint density at radius 2 is 0.526 bits per heavy atom. The van der Waals surface area contributed by atoms with Crippen LogP contribution in [0, 0.1) is 11.8 Å². The van der Waals surface area contributed by atoms with Gasteiger partial charge < -0.3 is 15.2 Å². The van der Waals surface area contributed by atoms with Crippen LogP contribution in [0.25, 0.3) is 0 Å². The van der Waals surface area contributed by atoms with Crippen LogP contribution in [-0.4, -0.2) is 66.5 Å². The highest BCUT2D eigenvalue weighted by Gasteiger charge is 2.41. The van der Waals surface area contributed by atoms with E-state index in [0.29, 0.717) is 0 Å². The van der Waals surface area contributed by atoms with Gasteiger partial charge in [0.1, 0.15) is 12.1 Å². The minimum Gasteiger partial charge on any atom is -0.468 e. The first kappa shape index (κ1) is 76.7. The fraction of sp³-hybridized carbons (Fsp3) is 0.941. The van der Waals surface area contributed by atoms with Crippen molar-refractivity contribution in [2.75, 3.05) is 25.7 Å². The summed E-state index contributed by atoms with van der Waals surface area (Å²) in [6.45, 7) is 9.11. The molecule has 2 atom stereocenters. The van der Waals surface area contributed by atoms with Crippen molar-refractivity contribution in [3.8, 4) is 0 Å². The number of carbonyl (C=O) groups is 4. The Morgan fingerprint density at radius 1 is 0.321 bits per heavy atom. The second kappa shape index (κ2) is 60.3. The molecule has 0 saturated heterocycles. The first-order valence-corrected chi connectivity index (χ1v) is 36.7. The number of amides is 2. The molecule has 0 aliphatic carbocycles. The highest BCUT2D eigenvalue weighted by atomic mass is 33.1. The van der Waals surface area contributed by atoms with E-state index in [1.165, 1.54) is 298 Å². The molecule has 2 N–H and O–H groups in total. The third-order valence-electron chi connectivity index (χ3n) is 16.6. The molecule has 0 aromatic rings. The molecule has 0 rings (SSSR count). The molecule has 2 amide bonds. The van der Waals surface area contributed by atoms with Gasteiger partial charge in [0.15, 0.2) is 0 Å². The zero-order valence-corrected chi connectivity index (χ0v) is 54.4. The van der Waals surface area contributed by atoms with Crippen molar-refractivity contribution in [1.82, 2.24) is 4.90 Å². The summed E-state index contributed by atoms with van der Waals surface area (Å²) < 4.78 is 10.4. The zero-order chi connectivity index (χ0) is 57.2. The fourth-order valence-electron chi connectivity index (χ4n) is 11.4. The SMILES string of the molecule is CCCCCCCCCCCCCCC(CCCCCCCCCCCCCC)C(=O)N(C(=O)C(CCCCCCCCCCCCCC)CCCCCCCCCCCCCC)[C@@H](CSSCC(N)C(=O)OC)C(=O)OC. The van der Waals surface area contributed by atoms with E-state index in [1.807, 2.05) is 0 Å². The predicted octanol–water partition coefficient (Wildman–Crippen LogP) is 21.4. The van der Waals surface area contributed by atoms with E-state index in [4.69, 9.17) is 15.2 Å². The second-order valence-corrected chi connectivity index (χ2v) is 26.4. The Kier molecular flexibility index (Phi) is 59.4. The molecular weight excluding hydrogens is 1000 g/mol. The molecule has 0 aromatic carbocycles. The summed E-state index contributed by atoms with van der Waals surface area (Å²) in [7, 11) is 5.46. The number of hydrogen-bond donors (Lipinski definition) is 1. The monoisotopic (exact) mass is 1140 g/mol. The highest BCUT2D eigenvalue weighted by molar-refractivity contribution is 8.76. The van der Waals surface area contributed by atoms with E-state index < -0.39 is 24.0 Å². The largest absolute Gasteiger partial charge is 0.468 e. The average Bonchev–Trinajstić information content (AvgIpc) is 3.48. The van der Waals surface area contributed by atoms with Crippen LogP contribution >= 0.6 is 21.6 Å². The molecule has 1 unspecified atom stereocenters. The third kappa shape index (κ3) is 46.2. The number of imide groups is 1. The minimum absolute atomic E-state index is 0.173. The molecular formula is C68H132N2O6S2. The van der Waals surface area contributed by atoms with Crippen molar-refractivity contribution in [2.24, 2.45) is 17.6 Å². The fourth-order valence-corrected chi connectivity index (χ4v) is 13.6. The number of unbranched alkanes of at least 4 members (excludes halogenated alkanes) is 44. The first-order chi connectivity index (χ1) is 38.2. The number of rotatable bonds is 62. The molecule has 0 aliphatic heterocycles. The van der Waals surface area contributed by atoms with Gasteiger partial charge in [0.2, 0.25) is 11.8 Å². The van der Waals surface area contributed by atoms with Crippen LogP contribution in [0.2, 0.25) is 0 Å². The lowest BCUT2D eigenvalue weighted by atomic mass is 9.89. The van der Waals surface area contributed by atoms with Crippen molar-refractivity contribution in [1.29, 1.82) is 0 Å². The number of hydrogen-bond acceptors (Lipinski definition) is 9. The lowest BCUT2D eigenvalue weighted by Crippen LogP contribution is -2.54. The summed E-state index contributed by atoms with van der Waals surface area (Å²) in [5.41, 5.74) is 6.12. The number of carbonyl (C=O) groups excluding carboxylic acids is 4. The number of ether oxygens (including phenoxy) is 2. The van der Waals surface area contributed by atoms with Gasteiger partial charge in [0.05, 0.1) is 14.2 Å². The molecule has 0 spiro atoms. The molecule has 10 heteroatoms. The summed E-state index contributed by atoms with van der Waals surface area (Å²) in [6, 6.07) is -1.87. The maximum absolute atomic E-state index is 15.5. The molecule has 0 fully saturated rings. The van der Waals surface area contributed by atoms with Gasteiger partial charge in [0, 0.05) is 23.3 Å². The molecule has 0 saturated carbocycles. The van der Waals surface area contributed by atoms with Crippen molar-refractivity contribution >= 4 is 45.3 Å². The van der Waals surface area contributed by atoms with E-state index in [2.05, 4.69) is 27.7 Å². The van der Waals surface area contributed by atoms with Gasteiger partial charge in [-0.1, -0.05) is 357 Å². The van der Waals surface area contributed by atoms with Crippen molar-refractivity contribution in [3.05, 3.63) is 0 Å². The van der Waals surface area contributed by atoms with Gasteiger partial charge in [-0.3, -0.25) is 19.3 Å². The Bertz CT molecular complexity index is 1190. The summed E-state index contributed by atoms with van der Waals surface area (Å²) in [5, 5.41) is 0. The van der Waals surface area contributed by atoms with Crippen LogP contribution in [0.4, 0.5) is 0 Å². The lowest BCUT2D eigenvalue weighted by Gasteiger charge is -2.34. The number of methoxy groups -OCH3 is 2. The Balaban J connectivity index is 6.44. The normalized spacial score (nSPS) is 12.4. The van der Waals surface area contributed by atoms with E-state index in [-0.39, 0.29) is 35.2 Å². The molecule has 0 aliphatic rings. The minimum atomic E-state index is -1.06. The van der Waals surface area contributed by atoms with Crippen LogP contribution in [0.1, 0.15) is 362 Å². The standard InChI is InChI=1S/C68H132N2O6S2/c1-7-11-15-19-23-27-31-35-39-43-47-51-55-61(56-52-48-44-40-36-32-28-24-20-16-12-8-2)65(71)70(64(68(74)76-6)60-78-77-59-63(69)67(73)75-5)66(72)62(57-53-49-45-41-37-33-29-25-21-17-13-9-3)58-54-50-46-42-38-34-30-26-22-18-14-10-4/h61-64H,7-60,69H2,1-6H3/t63?,64-/m0/s1. The maximum Gasteiger partial charge on any atom is 0.329 e. The van der Waals surface area contributed by atoms with Crippen LogP contribution in [0.5, 0.6) is 0 Å². The molecule has 78 heavy (non-hydrogen) atoms. The highest BCUT2D eigenvalue weighted by Crippen LogP contribution is 2.31. The van der Waals surface area contributed by atoms with Crippen LogP contribution in [0.3, 0.4) is 0 Å². The van der Waals surface area contributed by atoms with Crippen LogP contribution < -0.4 is 5.73 Å². The van der Waals surface area contributed by atoms with Crippen molar-refractivity contribution < 1.29 is 28.7 Å². The zero-order valence-electron chi connectivity index (χ0n) is 52.8. The van der Waals surface area contributed by atoms with Gasteiger partial charge >= 0.3 is 11.9 Å². The molecule has 462 valence electrons. The number of nitrogens with zero attached hydrogens (tertiary/aromatic N) is 1. The summed E-state index contributed by atoms with van der Waals surface area (Å²) in [4.78, 5) is 58.8. The van der Waals surface area contributed by atoms with Gasteiger partial charge in [0.25, 0.3) is 0 Å². The summed E-state index contributed by atoms with van der Waals surface area (Å²) in [5.74, 6) is -1.57. The van der Waals surface area contributed by atoms with Crippen LogP contribution in [-0.2, 0) is 28.7 Å². The molecule has 0 aromatic heterocycles. The smallest absolute Gasteiger partial charge is 0.329 e. The molecule has 0 radical (unpaired) electrons. The summed E-state index contributed by atoms with van der Waals surface area (Å²) in [6.07, 6.45) is 63.2. The van der Waals surface area contributed by atoms with Gasteiger partial charge in [-0.05, 0) is 25.7 Å². The molecule has 8 nitrogen and oxygen atoms in total.